The molecule has 0 fully saturated rings. The summed E-state index contributed by atoms with van der Waals surface area (Å²) in [7, 11) is 0. The Morgan fingerprint density at radius 1 is 0.913 bits per heavy atom. The van der Waals surface area contributed by atoms with Gasteiger partial charge in [-0.25, -0.2) is 0 Å². The van der Waals surface area contributed by atoms with Crippen molar-refractivity contribution >= 4 is 51.4 Å². The molecule has 0 aliphatic heterocycles. The number of aromatic nitrogens is 2. The molecule has 0 aliphatic rings. The van der Waals surface area contributed by atoms with Crippen molar-refractivity contribution in [1.82, 2.24) is 10.2 Å². The van der Waals surface area contributed by atoms with Gasteiger partial charge in [-0.05, 0) is 23.3 Å². The minimum absolute atomic E-state index is 0.628. The minimum Gasteiger partial charge on any atom is -0.356 e. The summed E-state index contributed by atoms with van der Waals surface area (Å²) in [5, 5.41) is 13.9. The van der Waals surface area contributed by atoms with Crippen LogP contribution in [0.15, 0.2) is 52.9 Å². The molecular formula is C16H13Cl2N3S2. The van der Waals surface area contributed by atoms with Crippen molar-refractivity contribution < 1.29 is 0 Å². The lowest BCUT2D eigenvalue weighted by Crippen LogP contribution is -1.99. The summed E-state index contributed by atoms with van der Waals surface area (Å²) in [6.07, 6.45) is 0. The molecule has 0 bridgehead atoms. The smallest absolute Gasteiger partial charge is 0.206 e. The van der Waals surface area contributed by atoms with E-state index in [1.165, 1.54) is 11.3 Å². The van der Waals surface area contributed by atoms with Crippen molar-refractivity contribution in [2.75, 3.05) is 5.32 Å². The number of benzene rings is 2. The SMILES string of the molecule is Clc1ccccc1CNc1nnc(SCc2ccccc2Cl)s1. The van der Waals surface area contributed by atoms with Crippen LogP contribution in [-0.4, -0.2) is 10.2 Å². The predicted octanol–water partition coefficient (Wildman–Crippen LogP) is 5.75. The van der Waals surface area contributed by atoms with Crippen molar-refractivity contribution in [3.05, 3.63) is 69.7 Å². The maximum atomic E-state index is 6.16. The molecule has 0 unspecified atom stereocenters. The number of anilines is 1. The molecule has 118 valence electrons. The van der Waals surface area contributed by atoms with Gasteiger partial charge in [-0.3, -0.25) is 0 Å². The van der Waals surface area contributed by atoms with Crippen LogP contribution in [0.3, 0.4) is 0 Å². The van der Waals surface area contributed by atoms with Crippen LogP contribution < -0.4 is 5.32 Å². The Labute approximate surface area is 153 Å². The van der Waals surface area contributed by atoms with Gasteiger partial charge in [-0.2, -0.15) is 0 Å². The van der Waals surface area contributed by atoms with E-state index in [0.717, 1.165) is 36.4 Å². The maximum absolute atomic E-state index is 6.16. The number of halogens is 2. The molecule has 0 spiro atoms. The van der Waals surface area contributed by atoms with E-state index in [2.05, 4.69) is 15.5 Å². The molecule has 7 heteroatoms. The Hall–Kier alpha value is -1.27. The molecule has 3 rings (SSSR count). The summed E-state index contributed by atoms with van der Waals surface area (Å²) in [5.41, 5.74) is 2.13. The highest BCUT2D eigenvalue weighted by Gasteiger charge is 2.07. The highest BCUT2D eigenvalue weighted by molar-refractivity contribution is 8.00. The predicted molar refractivity (Wildman–Crippen MR) is 99.7 cm³/mol. The highest BCUT2D eigenvalue weighted by Crippen LogP contribution is 2.30. The average Bonchev–Trinajstić information content (AvgIpc) is 3.01. The molecule has 1 aromatic heterocycles. The molecule has 2 aromatic carbocycles. The lowest BCUT2D eigenvalue weighted by Gasteiger charge is -2.04. The van der Waals surface area contributed by atoms with E-state index in [-0.39, 0.29) is 0 Å². The normalized spacial score (nSPS) is 10.7. The number of rotatable bonds is 6. The fraction of sp³-hybridized carbons (Fsp3) is 0.125. The monoisotopic (exact) mass is 381 g/mol. The maximum Gasteiger partial charge on any atom is 0.206 e. The zero-order chi connectivity index (χ0) is 16.1. The lowest BCUT2D eigenvalue weighted by atomic mass is 10.2. The van der Waals surface area contributed by atoms with Gasteiger partial charge in [0, 0.05) is 22.3 Å². The molecule has 3 aromatic rings. The van der Waals surface area contributed by atoms with Crippen molar-refractivity contribution in [3.8, 4) is 0 Å². The molecule has 0 atom stereocenters. The third-order valence-corrected chi connectivity index (χ3v) is 5.90. The van der Waals surface area contributed by atoms with Crippen molar-refractivity contribution in [3.63, 3.8) is 0 Å². The van der Waals surface area contributed by atoms with Gasteiger partial charge in [0.25, 0.3) is 0 Å². The molecule has 23 heavy (non-hydrogen) atoms. The zero-order valence-corrected chi connectivity index (χ0v) is 15.1. The molecule has 1 heterocycles. The zero-order valence-electron chi connectivity index (χ0n) is 12.0. The second-order valence-electron chi connectivity index (χ2n) is 4.70. The van der Waals surface area contributed by atoms with E-state index in [9.17, 15) is 0 Å². The van der Waals surface area contributed by atoms with E-state index in [4.69, 9.17) is 23.2 Å². The van der Waals surface area contributed by atoms with Crippen LogP contribution in [0.25, 0.3) is 0 Å². The Balaban J connectivity index is 1.56. The van der Waals surface area contributed by atoms with Gasteiger partial charge in [0.1, 0.15) is 0 Å². The van der Waals surface area contributed by atoms with Crippen LogP contribution in [0, 0.1) is 0 Å². The largest absolute Gasteiger partial charge is 0.356 e. The van der Waals surface area contributed by atoms with Crippen molar-refractivity contribution in [2.24, 2.45) is 0 Å². The quantitative estimate of drug-likeness (QED) is 0.551. The molecule has 0 saturated heterocycles. The molecule has 0 saturated carbocycles. The van der Waals surface area contributed by atoms with Gasteiger partial charge in [-0.1, -0.05) is 82.7 Å². The van der Waals surface area contributed by atoms with Gasteiger partial charge in [0.2, 0.25) is 5.13 Å². The summed E-state index contributed by atoms with van der Waals surface area (Å²) in [4.78, 5) is 0. The van der Waals surface area contributed by atoms with Crippen LogP contribution in [0.2, 0.25) is 10.0 Å². The number of hydrogen-bond acceptors (Lipinski definition) is 5. The van der Waals surface area contributed by atoms with Crippen LogP contribution in [0.4, 0.5) is 5.13 Å². The molecule has 3 nitrogen and oxygen atoms in total. The molecular weight excluding hydrogens is 369 g/mol. The van der Waals surface area contributed by atoms with Gasteiger partial charge >= 0.3 is 0 Å². The van der Waals surface area contributed by atoms with Crippen LogP contribution in [0.1, 0.15) is 11.1 Å². The average molecular weight is 382 g/mol. The first-order chi connectivity index (χ1) is 11.2. The van der Waals surface area contributed by atoms with E-state index >= 15 is 0 Å². The van der Waals surface area contributed by atoms with E-state index in [0.29, 0.717) is 6.54 Å². The number of hydrogen-bond donors (Lipinski definition) is 1. The van der Waals surface area contributed by atoms with Crippen LogP contribution in [-0.2, 0) is 12.3 Å². The van der Waals surface area contributed by atoms with Gasteiger partial charge in [0.15, 0.2) is 4.34 Å². The first-order valence-corrected chi connectivity index (χ1v) is 9.45. The van der Waals surface area contributed by atoms with Crippen molar-refractivity contribution in [1.29, 1.82) is 0 Å². The van der Waals surface area contributed by atoms with Gasteiger partial charge in [-0.15, -0.1) is 10.2 Å². The Bertz CT molecular complexity index is 728. The summed E-state index contributed by atoms with van der Waals surface area (Å²) in [6.45, 7) is 0.628. The summed E-state index contributed by atoms with van der Waals surface area (Å²) < 4.78 is 0.909. The second-order valence-corrected chi connectivity index (χ2v) is 7.71. The fourth-order valence-electron chi connectivity index (χ4n) is 1.91. The third-order valence-electron chi connectivity index (χ3n) is 3.10. The minimum atomic E-state index is 0.628. The standard InChI is InChI=1S/C16H13Cl2N3S2/c17-13-7-3-1-5-11(13)9-19-15-20-21-16(23-15)22-10-12-6-2-4-8-14(12)18/h1-8H,9-10H2,(H,19,20). The Kier molecular flexibility index (Phi) is 5.78. The van der Waals surface area contributed by atoms with Gasteiger partial charge < -0.3 is 5.32 Å². The van der Waals surface area contributed by atoms with E-state index in [1.807, 2.05) is 48.5 Å². The summed E-state index contributed by atoms with van der Waals surface area (Å²) >= 11 is 15.5. The van der Waals surface area contributed by atoms with E-state index in [1.54, 1.807) is 11.8 Å². The number of nitrogens with one attached hydrogen (secondary N) is 1. The topological polar surface area (TPSA) is 37.8 Å². The first kappa shape index (κ1) is 16.6. The first-order valence-electron chi connectivity index (χ1n) is 6.89. The lowest BCUT2D eigenvalue weighted by molar-refractivity contribution is 0.995. The summed E-state index contributed by atoms with van der Waals surface area (Å²) in [5.74, 6) is 0.777. The fourth-order valence-corrected chi connectivity index (χ4v) is 4.14. The Morgan fingerprint density at radius 2 is 1.57 bits per heavy atom. The number of thioether (sulfide) groups is 1. The third kappa shape index (κ3) is 4.61. The molecule has 0 aliphatic carbocycles. The summed E-state index contributed by atoms with van der Waals surface area (Å²) in [6, 6.07) is 15.6. The highest BCUT2D eigenvalue weighted by atomic mass is 35.5. The van der Waals surface area contributed by atoms with Crippen LogP contribution in [0.5, 0.6) is 0 Å². The van der Waals surface area contributed by atoms with E-state index < -0.39 is 0 Å². The number of nitrogens with zero attached hydrogens (tertiary/aromatic N) is 2. The van der Waals surface area contributed by atoms with Crippen molar-refractivity contribution in [2.45, 2.75) is 16.6 Å². The molecule has 1 N–H and O–H groups in total. The molecule has 0 radical (unpaired) electrons. The van der Waals surface area contributed by atoms with Crippen LogP contribution >= 0.6 is 46.3 Å². The Morgan fingerprint density at radius 3 is 2.26 bits per heavy atom. The second kappa shape index (κ2) is 8.02. The molecule has 0 amide bonds. The van der Waals surface area contributed by atoms with Gasteiger partial charge in [0.05, 0.1) is 0 Å².